The highest BCUT2D eigenvalue weighted by atomic mass is 16.6. The zero-order valence-electron chi connectivity index (χ0n) is 34.0. The van der Waals surface area contributed by atoms with Crippen LogP contribution in [0.15, 0.2) is 0 Å². The highest BCUT2D eigenvalue weighted by molar-refractivity contribution is 5.82. The molecule has 0 amide bonds. The van der Waals surface area contributed by atoms with E-state index in [0.717, 1.165) is 51.4 Å². The van der Waals surface area contributed by atoms with E-state index in [1.165, 1.54) is 0 Å². The van der Waals surface area contributed by atoms with Gasteiger partial charge in [-0.2, -0.15) is 0 Å². The van der Waals surface area contributed by atoms with Gasteiger partial charge in [0.2, 0.25) is 0 Å². The van der Waals surface area contributed by atoms with Crippen molar-refractivity contribution < 1.29 is 38.1 Å². The molecule has 294 valence electrons. The molecule has 0 aliphatic heterocycles. The van der Waals surface area contributed by atoms with Gasteiger partial charge in [-0.1, -0.05) is 113 Å². The third-order valence-corrected chi connectivity index (χ3v) is 9.97. The van der Waals surface area contributed by atoms with Crippen molar-refractivity contribution in [1.29, 1.82) is 0 Å². The molecule has 0 fully saturated rings. The number of esters is 4. The molecule has 0 aliphatic carbocycles. The second-order valence-corrected chi connectivity index (χ2v) is 14.8. The molecule has 0 aromatic rings. The van der Waals surface area contributed by atoms with Gasteiger partial charge in [0.1, 0.15) is 18.8 Å². The lowest BCUT2D eigenvalue weighted by molar-refractivity contribution is -0.220. The van der Waals surface area contributed by atoms with Crippen LogP contribution in [0.1, 0.15) is 177 Å². The molecule has 0 rings (SSSR count). The molecular weight excluding hydrogens is 634 g/mol. The molecule has 0 aliphatic rings. The van der Waals surface area contributed by atoms with Crippen molar-refractivity contribution in [3.63, 3.8) is 0 Å². The number of hydrogen-bond donors (Lipinski definition) is 0. The molecule has 50 heavy (non-hydrogen) atoms. The number of carbonyl (C=O) groups is 4. The maximum Gasteiger partial charge on any atom is 0.323 e. The van der Waals surface area contributed by atoms with Crippen LogP contribution in [0.25, 0.3) is 0 Å². The summed E-state index contributed by atoms with van der Waals surface area (Å²) in [4.78, 5) is 58.2. The lowest BCUT2D eigenvalue weighted by Crippen LogP contribution is -2.62. The van der Waals surface area contributed by atoms with Gasteiger partial charge in [0.25, 0.3) is 0 Å². The highest BCUT2D eigenvalue weighted by Crippen LogP contribution is 2.46. The van der Waals surface area contributed by atoms with E-state index >= 15 is 0 Å². The van der Waals surface area contributed by atoms with E-state index in [0.29, 0.717) is 70.8 Å². The van der Waals surface area contributed by atoms with Gasteiger partial charge >= 0.3 is 23.9 Å². The topological polar surface area (TPSA) is 108 Å². The van der Waals surface area contributed by atoms with Crippen molar-refractivity contribution in [1.82, 2.24) is 4.90 Å². The minimum absolute atomic E-state index is 0.162. The predicted molar refractivity (Wildman–Crippen MR) is 202 cm³/mol. The Bertz CT molecular complexity index is 916. The number of ether oxygens (including phenoxy) is 4. The van der Waals surface area contributed by atoms with Crippen molar-refractivity contribution >= 4 is 23.9 Å². The first-order valence-corrected chi connectivity index (χ1v) is 20.3. The summed E-state index contributed by atoms with van der Waals surface area (Å²) in [5, 5.41) is 0. The summed E-state index contributed by atoms with van der Waals surface area (Å²) < 4.78 is 25.0. The zero-order valence-corrected chi connectivity index (χ0v) is 34.0. The van der Waals surface area contributed by atoms with Crippen molar-refractivity contribution in [2.24, 2.45) is 17.3 Å². The predicted octanol–water partition coefficient (Wildman–Crippen LogP) is 9.62. The van der Waals surface area contributed by atoms with Crippen LogP contribution in [0, 0.1) is 17.3 Å². The van der Waals surface area contributed by atoms with Gasteiger partial charge < -0.3 is 23.8 Å². The molecule has 2 atom stereocenters. The molecule has 0 heterocycles. The van der Waals surface area contributed by atoms with Gasteiger partial charge in [-0.05, 0) is 78.9 Å². The Kier molecular flexibility index (Phi) is 26.3. The number of carbonyl (C=O) groups excluding carboxylic acids is 4. The summed E-state index contributed by atoms with van der Waals surface area (Å²) in [5.41, 5.74) is -3.19. The van der Waals surface area contributed by atoms with Gasteiger partial charge in [-0.25, -0.2) is 0 Å². The molecular formula is C41H77NO8. The third kappa shape index (κ3) is 16.9. The smallest absolute Gasteiger partial charge is 0.323 e. The van der Waals surface area contributed by atoms with E-state index in [-0.39, 0.29) is 30.2 Å². The van der Waals surface area contributed by atoms with Gasteiger partial charge in [-0.3, -0.25) is 19.2 Å². The second kappa shape index (κ2) is 27.5. The van der Waals surface area contributed by atoms with Crippen LogP contribution >= 0.6 is 0 Å². The fourth-order valence-electron chi connectivity index (χ4n) is 6.56. The Morgan fingerprint density at radius 2 is 1.08 bits per heavy atom. The summed E-state index contributed by atoms with van der Waals surface area (Å²) in [5.74, 6) is -2.47. The molecule has 0 bridgehead atoms. The maximum absolute atomic E-state index is 14.8. The van der Waals surface area contributed by atoms with Crippen LogP contribution in [0.3, 0.4) is 0 Å². The Hall–Kier alpha value is -2.16. The van der Waals surface area contributed by atoms with Crippen LogP contribution in [0.2, 0.25) is 0 Å². The largest absolute Gasteiger partial charge is 0.464 e. The molecule has 0 radical (unpaired) electrons. The standard InChI is InChI=1S/C41H77NO8/c1-11-18-23-34(24-19-12-2)37(44)48-32-40(39(46)49-33(8)17-7,31-47-36(43)27-22-30-42(9)10)41(28-15-5,29-16-6)50-38(45)35(25-20-13-3)26-21-14-4/h33-35H,11-32H2,1-10H3. The Morgan fingerprint density at radius 1 is 0.620 bits per heavy atom. The molecule has 0 saturated heterocycles. The summed E-state index contributed by atoms with van der Waals surface area (Å²) in [6, 6.07) is 0. The number of nitrogens with zero attached hydrogens (tertiary/aromatic N) is 1. The summed E-state index contributed by atoms with van der Waals surface area (Å²) >= 11 is 0. The van der Waals surface area contributed by atoms with E-state index in [2.05, 4.69) is 27.7 Å². The minimum Gasteiger partial charge on any atom is -0.464 e. The quantitative estimate of drug-likeness (QED) is 0.0513. The molecule has 0 N–H and O–H groups in total. The molecule has 9 nitrogen and oxygen atoms in total. The molecule has 0 aromatic heterocycles. The van der Waals surface area contributed by atoms with Crippen LogP contribution in [0.4, 0.5) is 0 Å². The summed E-state index contributed by atoms with van der Waals surface area (Å²) in [7, 11) is 3.88. The van der Waals surface area contributed by atoms with E-state index in [9.17, 15) is 19.2 Å². The lowest BCUT2D eigenvalue weighted by Gasteiger charge is -2.48. The van der Waals surface area contributed by atoms with E-state index < -0.39 is 42.3 Å². The number of unbranched alkanes of at least 4 members (excludes halogenated alkanes) is 4. The first kappa shape index (κ1) is 47.8. The monoisotopic (exact) mass is 712 g/mol. The van der Waals surface area contributed by atoms with E-state index in [1.807, 2.05) is 46.7 Å². The van der Waals surface area contributed by atoms with E-state index in [4.69, 9.17) is 18.9 Å². The second-order valence-electron chi connectivity index (χ2n) is 14.8. The highest BCUT2D eigenvalue weighted by Gasteiger charge is 2.62. The third-order valence-electron chi connectivity index (χ3n) is 9.97. The number of hydrogen-bond acceptors (Lipinski definition) is 9. The van der Waals surface area contributed by atoms with Gasteiger partial charge in [-0.15, -0.1) is 0 Å². The van der Waals surface area contributed by atoms with Crippen LogP contribution in [-0.4, -0.2) is 74.3 Å². The Balaban J connectivity index is 7.34. The van der Waals surface area contributed by atoms with Crippen LogP contribution < -0.4 is 0 Å². The van der Waals surface area contributed by atoms with Crippen molar-refractivity contribution in [2.75, 3.05) is 33.9 Å². The normalized spacial score (nSPS) is 13.7. The first-order valence-electron chi connectivity index (χ1n) is 20.3. The minimum atomic E-state index is -1.76. The van der Waals surface area contributed by atoms with Crippen LogP contribution in [-0.2, 0) is 38.1 Å². The zero-order chi connectivity index (χ0) is 38.0. The average Bonchev–Trinajstić information content (AvgIpc) is 3.08. The fraction of sp³-hybridized carbons (Fsp3) is 0.902. The molecule has 0 saturated carbocycles. The molecule has 9 heteroatoms. The van der Waals surface area contributed by atoms with Gasteiger partial charge in [0.05, 0.1) is 17.9 Å². The Labute approximate surface area is 306 Å². The number of rotatable bonds is 31. The molecule has 2 unspecified atom stereocenters. The van der Waals surface area contributed by atoms with Crippen molar-refractivity contribution in [2.45, 2.75) is 189 Å². The van der Waals surface area contributed by atoms with E-state index in [1.54, 1.807) is 0 Å². The van der Waals surface area contributed by atoms with Crippen molar-refractivity contribution in [3.8, 4) is 0 Å². The van der Waals surface area contributed by atoms with Gasteiger partial charge in [0.15, 0.2) is 5.41 Å². The fourth-order valence-corrected chi connectivity index (χ4v) is 6.56. The Morgan fingerprint density at radius 3 is 1.50 bits per heavy atom. The summed E-state index contributed by atoms with van der Waals surface area (Å²) in [6.07, 6.45) is 12.8. The maximum atomic E-state index is 14.8. The van der Waals surface area contributed by atoms with Crippen molar-refractivity contribution in [3.05, 3.63) is 0 Å². The molecule has 0 spiro atoms. The lowest BCUT2D eigenvalue weighted by atomic mass is 9.67. The first-order chi connectivity index (χ1) is 23.9. The van der Waals surface area contributed by atoms with Gasteiger partial charge in [0, 0.05) is 6.42 Å². The summed E-state index contributed by atoms with van der Waals surface area (Å²) in [6.45, 7) is 16.0. The molecule has 0 aromatic carbocycles. The average molecular weight is 712 g/mol. The van der Waals surface area contributed by atoms with Crippen LogP contribution in [0.5, 0.6) is 0 Å². The SMILES string of the molecule is CCCCC(CCCC)C(=O)OCC(COC(=O)CCCN(C)C)(C(=O)OC(C)CC)C(CCC)(CCC)OC(=O)C(CCCC)CCCC.